The zero-order valence-corrected chi connectivity index (χ0v) is 15.2. The van der Waals surface area contributed by atoms with Crippen LogP contribution in [0.15, 0.2) is 0 Å². The summed E-state index contributed by atoms with van der Waals surface area (Å²) in [6, 6.07) is 0. The predicted octanol–water partition coefficient (Wildman–Crippen LogP) is 3.99. The third-order valence-electron chi connectivity index (χ3n) is 2.52. The van der Waals surface area contributed by atoms with E-state index in [0.717, 1.165) is 0 Å². The molecular weight excluding hydrogens is 394 g/mol. The Kier molecular flexibility index (Phi) is 25.4. The Hall–Kier alpha value is 1.29. The van der Waals surface area contributed by atoms with Crippen LogP contribution in [0.25, 0.3) is 0 Å². The van der Waals surface area contributed by atoms with Crippen molar-refractivity contribution >= 4 is 15.8 Å². The van der Waals surface area contributed by atoms with Crippen LogP contribution in [0.2, 0.25) is 0 Å². The quantitative estimate of drug-likeness (QED) is 0.339. The van der Waals surface area contributed by atoms with E-state index in [-0.39, 0.29) is 21.1 Å². The van der Waals surface area contributed by atoms with Crippen LogP contribution >= 0.6 is 15.8 Å². The summed E-state index contributed by atoms with van der Waals surface area (Å²) in [4.78, 5) is 0. The largest absolute Gasteiger partial charge is 0 e. The molecule has 90 valence electrons. The monoisotopic (exact) mass is 418 g/mol. The molecule has 4 heteroatoms. The van der Waals surface area contributed by atoms with Gasteiger partial charge >= 0.3 is 11.3 Å². The van der Waals surface area contributed by atoms with Crippen molar-refractivity contribution in [2.75, 3.05) is 37.0 Å². The van der Waals surface area contributed by atoms with E-state index < -0.39 is 0 Å². The summed E-state index contributed by atoms with van der Waals surface area (Å²) in [6.07, 6.45) is 8.89. The third-order valence-corrected chi connectivity index (χ3v) is 8.16. The summed E-state index contributed by atoms with van der Waals surface area (Å²) in [7, 11) is 0.832. The first-order chi connectivity index (χ1) is 6.78. The molecule has 0 saturated heterocycles. The minimum atomic E-state index is 0. The van der Waals surface area contributed by atoms with E-state index in [4.69, 9.17) is 4.65 Å². The van der Waals surface area contributed by atoms with Gasteiger partial charge in [-0.15, -0.1) is 15.8 Å². The molecule has 0 atom stereocenters. The van der Waals surface area contributed by atoms with Gasteiger partial charge in [0, 0.05) is 21.1 Å². The van der Waals surface area contributed by atoms with E-state index in [1.807, 2.05) is 0 Å². The minimum Gasteiger partial charge on any atom is 0 e. The Morgan fingerprint density at radius 3 is 1.07 bits per heavy atom. The average molecular weight is 418 g/mol. The van der Waals surface area contributed by atoms with Gasteiger partial charge in [0.15, 0.2) is 0 Å². The predicted molar refractivity (Wildman–Crippen MR) is 69.7 cm³/mol. The van der Waals surface area contributed by atoms with Gasteiger partial charge in [0.05, 0.1) is 0 Å². The molecule has 0 rings (SSSR count). The molecule has 0 N–H and O–H groups in total. The van der Waals surface area contributed by atoms with Crippen LogP contribution in [0.1, 0.15) is 27.7 Å². The van der Waals surface area contributed by atoms with Crippen LogP contribution in [0.5, 0.6) is 0 Å². The SMILES string of the molecule is CCP(CC)CCP(CC)CC.[C-]#[O+].[W]. The van der Waals surface area contributed by atoms with E-state index in [9.17, 15) is 0 Å². The Bertz CT molecular complexity index is 111. The number of hydrogen-bond donors (Lipinski definition) is 0. The first-order valence-electron chi connectivity index (χ1n) is 5.43. The van der Waals surface area contributed by atoms with Gasteiger partial charge in [-0.25, -0.2) is 0 Å². The van der Waals surface area contributed by atoms with Crippen LogP contribution in [0, 0.1) is 6.65 Å². The fourth-order valence-electron chi connectivity index (χ4n) is 1.36. The normalized spacial score (nSPS) is 9.33. The zero-order chi connectivity index (χ0) is 11.4. The molecule has 0 aromatic carbocycles. The molecule has 0 aliphatic rings. The van der Waals surface area contributed by atoms with Crippen molar-refractivity contribution in [3.05, 3.63) is 6.65 Å². The summed E-state index contributed by atoms with van der Waals surface area (Å²) in [6.45, 7) is 13.9. The Morgan fingerprint density at radius 1 is 0.733 bits per heavy atom. The summed E-state index contributed by atoms with van der Waals surface area (Å²) in [5.41, 5.74) is 0. The van der Waals surface area contributed by atoms with Gasteiger partial charge in [-0.1, -0.05) is 27.7 Å². The van der Waals surface area contributed by atoms with E-state index in [0.29, 0.717) is 15.8 Å². The third kappa shape index (κ3) is 13.2. The molecule has 0 bridgehead atoms. The molecule has 0 aromatic rings. The van der Waals surface area contributed by atoms with Gasteiger partial charge in [-0.3, -0.25) is 0 Å². The van der Waals surface area contributed by atoms with Crippen molar-refractivity contribution in [1.82, 2.24) is 0 Å². The smallest absolute Gasteiger partial charge is 0 e. The first kappa shape index (κ1) is 21.6. The van der Waals surface area contributed by atoms with Gasteiger partial charge in [-0.05, 0) is 37.0 Å². The molecule has 0 radical (unpaired) electrons. The van der Waals surface area contributed by atoms with Crippen LogP contribution in [0.4, 0.5) is 0 Å². The molecule has 0 saturated carbocycles. The molecule has 1 nitrogen and oxygen atoms in total. The standard InChI is InChI=1S/C10H24P2.CO.W/c1-5-11(6-2)9-10-12(7-3)8-4;1-2;/h5-10H2,1-4H3;;. The Morgan fingerprint density at radius 2 is 0.933 bits per heavy atom. The second-order valence-electron chi connectivity index (χ2n) is 3.05. The van der Waals surface area contributed by atoms with E-state index in [1.165, 1.54) is 24.6 Å². The molecule has 0 heterocycles. The van der Waals surface area contributed by atoms with E-state index in [2.05, 4.69) is 34.3 Å². The number of rotatable bonds is 7. The van der Waals surface area contributed by atoms with Crippen LogP contribution in [-0.2, 0) is 25.7 Å². The molecule has 0 aliphatic carbocycles. The van der Waals surface area contributed by atoms with Gasteiger partial charge < -0.3 is 0 Å². The van der Waals surface area contributed by atoms with Gasteiger partial charge in [0.2, 0.25) is 0 Å². The fraction of sp³-hybridized carbons (Fsp3) is 0.909. The first-order valence-corrected chi connectivity index (χ1v) is 9.22. The molecular formula is C11H24OP2W. The maximum absolute atomic E-state index is 7.50. The Labute approximate surface area is 113 Å². The van der Waals surface area contributed by atoms with Crippen LogP contribution in [0.3, 0.4) is 0 Å². The second-order valence-corrected chi connectivity index (χ2v) is 9.16. The maximum atomic E-state index is 7.50. The number of hydrogen-bond acceptors (Lipinski definition) is 0. The minimum absolute atomic E-state index is 0. The summed E-state index contributed by atoms with van der Waals surface area (Å²) in [5.74, 6) is 0. The zero-order valence-electron chi connectivity index (χ0n) is 10.5. The summed E-state index contributed by atoms with van der Waals surface area (Å²) in [5, 5.41) is 0. The topological polar surface area (TPSA) is 19.9 Å². The second kappa shape index (κ2) is 17.7. The van der Waals surface area contributed by atoms with Crippen molar-refractivity contribution in [3.8, 4) is 0 Å². The van der Waals surface area contributed by atoms with Crippen LogP contribution < -0.4 is 0 Å². The molecule has 0 fully saturated rings. The summed E-state index contributed by atoms with van der Waals surface area (Å²) >= 11 is 0. The van der Waals surface area contributed by atoms with Crippen molar-refractivity contribution in [2.45, 2.75) is 27.7 Å². The molecule has 0 spiro atoms. The average Bonchev–Trinajstić information content (AvgIpc) is 2.28. The van der Waals surface area contributed by atoms with Gasteiger partial charge in [-0.2, -0.15) is 0 Å². The van der Waals surface area contributed by atoms with Crippen molar-refractivity contribution in [1.29, 1.82) is 0 Å². The summed E-state index contributed by atoms with van der Waals surface area (Å²) < 4.78 is 7.50. The maximum Gasteiger partial charge on any atom is 0 e. The molecule has 0 amide bonds. The van der Waals surface area contributed by atoms with Gasteiger partial charge in [0.25, 0.3) is 0 Å². The molecule has 0 aromatic heterocycles. The van der Waals surface area contributed by atoms with Crippen molar-refractivity contribution in [3.63, 3.8) is 0 Å². The fourth-order valence-corrected chi connectivity index (χ4v) is 5.78. The molecule has 0 unspecified atom stereocenters. The van der Waals surface area contributed by atoms with Gasteiger partial charge in [0.1, 0.15) is 0 Å². The van der Waals surface area contributed by atoms with E-state index in [1.54, 1.807) is 12.3 Å². The van der Waals surface area contributed by atoms with Crippen LogP contribution in [-0.4, -0.2) is 37.0 Å². The Balaban J connectivity index is -0.000000449. The van der Waals surface area contributed by atoms with Crippen molar-refractivity contribution in [2.24, 2.45) is 0 Å². The molecule has 15 heavy (non-hydrogen) atoms. The molecule has 0 aliphatic heterocycles. The van der Waals surface area contributed by atoms with Crippen molar-refractivity contribution < 1.29 is 25.7 Å². The van der Waals surface area contributed by atoms with E-state index >= 15 is 0 Å².